The molecule has 0 aliphatic heterocycles. The second kappa shape index (κ2) is 8.56. The van der Waals surface area contributed by atoms with Crippen molar-refractivity contribution in [2.24, 2.45) is 7.05 Å². The quantitative estimate of drug-likeness (QED) is 0.508. The number of hydrogen-bond acceptors (Lipinski definition) is 6. The molecule has 0 spiro atoms. The van der Waals surface area contributed by atoms with E-state index in [-0.39, 0.29) is 5.56 Å². The van der Waals surface area contributed by atoms with Crippen LogP contribution in [0.1, 0.15) is 5.56 Å². The SMILES string of the molecule is Cn1cc(-c2cn(-c3ccc(OCF)cc3)c(=O)cc2NCc2cncnc2)cn1. The maximum Gasteiger partial charge on any atom is 0.257 e. The van der Waals surface area contributed by atoms with Crippen LogP contribution in [0.25, 0.3) is 16.8 Å². The van der Waals surface area contributed by atoms with Gasteiger partial charge >= 0.3 is 0 Å². The van der Waals surface area contributed by atoms with Crippen molar-refractivity contribution in [2.45, 2.75) is 6.54 Å². The highest BCUT2D eigenvalue weighted by atomic mass is 19.1. The number of nitrogens with zero attached hydrogens (tertiary/aromatic N) is 5. The predicted octanol–water partition coefficient (Wildman–Crippen LogP) is 2.95. The highest BCUT2D eigenvalue weighted by Gasteiger charge is 2.12. The Bertz CT molecular complexity index is 1190. The molecular formula is C21H19FN6O2. The van der Waals surface area contributed by atoms with Crippen molar-refractivity contribution < 1.29 is 9.13 Å². The van der Waals surface area contributed by atoms with E-state index in [0.29, 0.717) is 23.7 Å². The summed E-state index contributed by atoms with van der Waals surface area (Å²) in [6.45, 7) is -0.440. The Balaban J connectivity index is 1.73. The zero-order valence-electron chi connectivity index (χ0n) is 16.2. The van der Waals surface area contributed by atoms with Crippen molar-refractivity contribution >= 4 is 5.69 Å². The van der Waals surface area contributed by atoms with Crippen LogP contribution in [-0.4, -0.2) is 31.2 Å². The molecule has 4 rings (SSSR count). The van der Waals surface area contributed by atoms with E-state index in [9.17, 15) is 9.18 Å². The first kappa shape index (κ1) is 19.3. The Kier molecular flexibility index (Phi) is 5.51. The minimum absolute atomic E-state index is 0.214. The van der Waals surface area contributed by atoms with Crippen molar-refractivity contribution in [1.82, 2.24) is 24.3 Å². The highest BCUT2D eigenvalue weighted by Crippen LogP contribution is 2.27. The lowest BCUT2D eigenvalue weighted by Crippen LogP contribution is -2.18. The number of anilines is 1. The van der Waals surface area contributed by atoms with Gasteiger partial charge in [-0.2, -0.15) is 5.10 Å². The van der Waals surface area contributed by atoms with Crippen molar-refractivity contribution in [1.29, 1.82) is 0 Å². The molecule has 1 aromatic carbocycles. The van der Waals surface area contributed by atoms with Crippen LogP contribution < -0.4 is 15.6 Å². The van der Waals surface area contributed by atoms with Crippen LogP contribution in [0.2, 0.25) is 0 Å². The highest BCUT2D eigenvalue weighted by molar-refractivity contribution is 5.76. The monoisotopic (exact) mass is 406 g/mol. The summed E-state index contributed by atoms with van der Waals surface area (Å²) in [4.78, 5) is 20.9. The number of aryl methyl sites for hydroxylation is 1. The van der Waals surface area contributed by atoms with Gasteiger partial charge in [0.25, 0.3) is 5.56 Å². The average Bonchev–Trinajstić information content (AvgIpc) is 3.20. The number of aromatic nitrogens is 5. The number of rotatable bonds is 7. The fourth-order valence-electron chi connectivity index (χ4n) is 3.06. The molecule has 152 valence electrons. The molecule has 30 heavy (non-hydrogen) atoms. The maximum atomic E-state index is 12.8. The number of alkyl halides is 1. The van der Waals surface area contributed by atoms with Crippen LogP contribution >= 0.6 is 0 Å². The van der Waals surface area contributed by atoms with Gasteiger partial charge in [-0.05, 0) is 24.3 Å². The Morgan fingerprint density at radius 3 is 2.53 bits per heavy atom. The number of benzene rings is 1. The van der Waals surface area contributed by atoms with Gasteiger partial charge < -0.3 is 10.1 Å². The van der Waals surface area contributed by atoms with E-state index in [4.69, 9.17) is 4.74 Å². The average molecular weight is 406 g/mol. The molecule has 0 saturated carbocycles. The van der Waals surface area contributed by atoms with Crippen LogP contribution in [0.5, 0.6) is 5.75 Å². The number of pyridine rings is 1. The second-order valence-corrected chi connectivity index (χ2v) is 6.56. The molecule has 1 N–H and O–H groups in total. The van der Waals surface area contributed by atoms with Gasteiger partial charge in [0.1, 0.15) is 12.1 Å². The van der Waals surface area contributed by atoms with E-state index in [1.165, 1.54) is 17.0 Å². The molecule has 0 atom stereocenters. The van der Waals surface area contributed by atoms with E-state index in [1.54, 1.807) is 53.7 Å². The minimum atomic E-state index is -0.905. The summed E-state index contributed by atoms with van der Waals surface area (Å²) < 4.78 is 20.4. The van der Waals surface area contributed by atoms with E-state index < -0.39 is 6.86 Å². The summed E-state index contributed by atoms with van der Waals surface area (Å²) in [5, 5.41) is 7.53. The summed E-state index contributed by atoms with van der Waals surface area (Å²) in [5.41, 5.74) is 3.65. The molecule has 0 amide bonds. The third-order valence-corrected chi connectivity index (χ3v) is 4.50. The fourth-order valence-corrected chi connectivity index (χ4v) is 3.06. The van der Waals surface area contributed by atoms with Gasteiger partial charge in [-0.25, -0.2) is 14.4 Å². The summed E-state index contributed by atoms with van der Waals surface area (Å²) >= 11 is 0. The lowest BCUT2D eigenvalue weighted by molar-refractivity contribution is 0.192. The summed E-state index contributed by atoms with van der Waals surface area (Å²) in [5.74, 6) is 0.394. The molecule has 4 aromatic rings. The van der Waals surface area contributed by atoms with Crippen molar-refractivity contribution in [2.75, 3.05) is 12.2 Å². The fraction of sp³-hybridized carbons (Fsp3) is 0.143. The Labute approximate surface area is 171 Å². The Morgan fingerprint density at radius 2 is 1.87 bits per heavy atom. The van der Waals surface area contributed by atoms with Crippen LogP contribution in [0.3, 0.4) is 0 Å². The number of ether oxygens (including phenoxy) is 1. The normalized spacial score (nSPS) is 10.7. The lowest BCUT2D eigenvalue weighted by atomic mass is 10.1. The zero-order valence-corrected chi connectivity index (χ0v) is 16.2. The third-order valence-electron chi connectivity index (χ3n) is 4.50. The molecule has 0 unspecified atom stereocenters. The molecule has 3 heterocycles. The van der Waals surface area contributed by atoms with Crippen molar-refractivity contribution in [3.63, 3.8) is 0 Å². The second-order valence-electron chi connectivity index (χ2n) is 6.56. The standard InChI is InChI=1S/C21H19FN6O2/c1-27-11-16(10-26-27)19-12-28(17-2-4-18(5-3-17)30-13-22)21(29)6-20(19)25-9-15-7-23-14-24-8-15/h2-8,10-12,14,25H,9,13H2,1H3. The predicted molar refractivity (Wildman–Crippen MR) is 110 cm³/mol. The molecule has 0 aliphatic rings. The Hall–Kier alpha value is -4.01. The largest absolute Gasteiger partial charge is 0.463 e. The van der Waals surface area contributed by atoms with Gasteiger partial charge in [0.15, 0.2) is 0 Å². The molecule has 0 fully saturated rings. The first-order valence-corrected chi connectivity index (χ1v) is 9.17. The number of halogens is 1. The Morgan fingerprint density at radius 1 is 1.10 bits per heavy atom. The molecular weight excluding hydrogens is 387 g/mol. The first-order chi connectivity index (χ1) is 14.6. The molecule has 9 heteroatoms. The van der Waals surface area contributed by atoms with Gasteiger partial charge in [-0.15, -0.1) is 0 Å². The zero-order chi connectivity index (χ0) is 20.9. The molecule has 0 bridgehead atoms. The van der Waals surface area contributed by atoms with Crippen molar-refractivity contribution in [3.8, 4) is 22.6 Å². The summed E-state index contributed by atoms with van der Waals surface area (Å²) in [6, 6.07) is 8.18. The van der Waals surface area contributed by atoms with E-state index >= 15 is 0 Å². The molecule has 3 aromatic heterocycles. The van der Waals surface area contributed by atoms with Gasteiger partial charge in [0, 0.05) is 72.5 Å². The van der Waals surface area contributed by atoms with Crippen LogP contribution in [0, 0.1) is 0 Å². The molecule has 8 nitrogen and oxygen atoms in total. The van der Waals surface area contributed by atoms with E-state index in [0.717, 1.165) is 16.7 Å². The van der Waals surface area contributed by atoms with Gasteiger partial charge in [0.05, 0.1) is 6.20 Å². The van der Waals surface area contributed by atoms with Crippen LogP contribution in [-0.2, 0) is 13.6 Å². The topological polar surface area (TPSA) is 86.9 Å². The number of nitrogens with one attached hydrogen (secondary N) is 1. The van der Waals surface area contributed by atoms with Gasteiger partial charge in [-0.1, -0.05) is 0 Å². The lowest BCUT2D eigenvalue weighted by Gasteiger charge is -2.14. The van der Waals surface area contributed by atoms with Crippen LogP contribution in [0.4, 0.5) is 10.1 Å². The summed E-state index contributed by atoms with van der Waals surface area (Å²) in [6.07, 6.45) is 10.3. The van der Waals surface area contributed by atoms with E-state index in [2.05, 4.69) is 20.4 Å². The summed E-state index contributed by atoms with van der Waals surface area (Å²) in [7, 11) is 1.83. The minimum Gasteiger partial charge on any atom is -0.463 e. The van der Waals surface area contributed by atoms with Gasteiger partial charge in [-0.3, -0.25) is 14.0 Å². The molecule has 0 aliphatic carbocycles. The van der Waals surface area contributed by atoms with Gasteiger partial charge in [0.2, 0.25) is 6.86 Å². The maximum absolute atomic E-state index is 12.8. The first-order valence-electron chi connectivity index (χ1n) is 9.17. The molecule has 0 radical (unpaired) electrons. The van der Waals surface area contributed by atoms with E-state index in [1.807, 2.05) is 13.2 Å². The van der Waals surface area contributed by atoms with Crippen LogP contribution in [0.15, 0.2) is 72.4 Å². The smallest absolute Gasteiger partial charge is 0.257 e. The molecule has 0 saturated heterocycles. The third kappa shape index (κ3) is 4.19. The van der Waals surface area contributed by atoms with Crippen molar-refractivity contribution in [3.05, 3.63) is 83.6 Å². The number of hydrogen-bond donors (Lipinski definition) is 1.